The third-order valence-electron chi connectivity index (χ3n) is 15.0. The number of para-hydroxylation sites is 2. The van der Waals surface area contributed by atoms with Gasteiger partial charge in [-0.15, -0.1) is 11.3 Å². The van der Waals surface area contributed by atoms with E-state index in [2.05, 4.69) is 60.3 Å². The second kappa shape index (κ2) is 28.0. The minimum absolute atomic E-state index is 0.0265. The van der Waals surface area contributed by atoms with Gasteiger partial charge in [0.05, 0.1) is 55.0 Å². The number of quaternary nitrogens is 1. The summed E-state index contributed by atoms with van der Waals surface area (Å²) < 4.78 is 40.2. The molecule has 0 spiro atoms. The normalized spacial score (nSPS) is 14.0. The highest BCUT2D eigenvalue weighted by Gasteiger charge is 2.31. The number of likely N-dealkylation sites (N-methyl/N-ethyl adjacent to an activating group) is 2. The molecule has 1 aliphatic rings. The number of nitrogens with one attached hydrogen (secondary N) is 4. The number of methoxy groups -OCH3 is 1. The second-order valence-electron chi connectivity index (χ2n) is 20.7. The standard InChI is InChI=1S/C63H70ClFN10O6S/c1-41-50(23-24-55(58(41)64)79-33-30-74-28-31-75(5,32-29-74)37-44-19-22-47(34-45(44)36-67-3)73-61(77)52(68-4)14-11-26-66-2)56-57-62(70-40-71-63(57)82-59(56)42-17-20-46(65)21-18-42)81-49(38-76)35-43-12-7-9-15-53(43)80-39-48-25-27-69-60(72-48)51-13-8-10-16-54(51)78-6/h7-10,12-13,15-25,27,34,38,40,49,52,66-68H,11,14,26,28-33,35-37,39H2,1-6H3/p+1. The quantitative estimate of drug-likeness (QED) is 0.0218. The van der Waals surface area contributed by atoms with E-state index in [1.807, 2.05) is 94.8 Å². The molecular formula is C63H71ClFN10O6S+. The van der Waals surface area contributed by atoms with E-state index < -0.39 is 6.10 Å². The van der Waals surface area contributed by atoms with Crippen LogP contribution in [0.25, 0.3) is 43.2 Å². The fourth-order valence-corrected chi connectivity index (χ4v) is 11.7. The maximum Gasteiger partial charge on any atom is 0.241 e. The Morgan fingerprint density at radius 1 is 0.866 bits per heavy atom. The van der Waals surface area contributed by atoms with Gasteiger partial charge in [-0.3, -0.25) is 14.5 Å². The molecule has 4 N–H and O–H groups in total. The molecule has 1 amide bonds. The van der Waals surface area contributed by atoms with Gasteiger partial charge in [0.2, 0.25) is 11.8 Å². The van der Waals surface area contributed by atoms with Crippen LogP contribution in [0.15, 0.2) is 122 Å². The molecule has 9 rings (SSSR count). The van der Waals surface area contributed by atoms with Gasteiger partial charge in [-0.1, -0.05) is 66.2 Å². The molecule has 1 saturated heterocycles. The molecule has 19 heteroatoms. The van der Waals surface area contributed by atoms with Gasteiger partial charge >= 0.3 is 0 Å². The summed E-state index contributed by atoms with van der Waals surface area (Å²) in [7, 11) is 9.62. The summed E-state index contributed by atoms with van der Waals surface area (Å²) in [6.07, 6.45) is 4.72. The number of ether oxygens (including phenoxy) is 4. The predicted octanol–water partition coefficient (Wildman–Crippen LogP) is 9.95. The van der Waals surface area contributed by atoms with Gasteiger partial charge in [-0.25, -0.2) is 24.3 Å². The van der Waals surface area contributed by atoms with Crippen molar-refractivity contribution in [2.75, 3.05) is 86.5 Å². The van der Waals surface area contributed by atoms with E-state index in [9.17, 15) is 14.0 Å². The maximum absolute atomic E-state index is 14.4. The molecule has 0 aliphatic carbocycles. The molecule has 4 heterocycles. The van der Waals surface area contributed by atoms with Crippen molar-refractivity contribution >= 4 is 51.0 Å². The van der Waals surface area contributed by atoms with Crippen molar-refractivity contribution in [1.29, 1.82) is 0 Å². The lowest BCUT2D eigenvalue weighted by atomic mass is 9.96. The van der Waals surface area contributed by atoms with Gasteiger partial charge < -0.3 is 44.7 Å². The summed E-state index contributed by atoms with van der Waals surface area (Å²) in [5.41, 5.74) is 8.45. The van der Waals surface area contributed by atoms with Crippen LogP contribution in [0.2, 0.25) is 5.02 Å². The van der Waals surface area contributed by atoms with E-state index in [0.717, 1.165) is 113 Å². The van der Waals surface area contributed by atoms with Crippen molar-refractivity contribution in [3.05, 3.63) is 161 Å². The molecule has 3 aromatic heterocycles. The van der Waals surface area contributed by atoms with Crippen LogP contribution in [0.3, 0.4) is 0 Å². The van der Waals surface area contributed by atoms with Gasteiger partial charge in [-0.2, -0.15) is 0 Å². The van der Waals surface area contributed by atoms with Crippen LogP contribution in [-0.4, -0.2) is 135 Å². The molecule has 8 aromatic rings. The number of hydrogen-bond donors (Lipinski definition) is 4. The van der Waals surface area contributed by atoms with Crippen LogP contribution < -0.4 is 40.2 Å². The third-order valence-corrected chi connectivity index (χ3v) is 16.6. The van der Waals surface area contributed by atoms with Crippen LogP contribution >= 0.6 is 22.9 Å². The van der Waals surface area contributed by atoms with E-state index >= 15 is 0 Å². The molecular weight excluding hydrogens is 1080 g/mol. The number of anilines is 1. The zero-order valence-electron chi connectivity index (χ0n) is 47.3. The van der Waals surface area contributed by atoms with Crippen molar-refractivity contribution in [1.82, 2.24) is 40.8 Å². The van der Waals surface area contributed by atoms with E-state index in [0.29, 0.717) is 57.2 Å². The molecule has 2 unspecified atom stereocenters. The van der Waals surface area contributed by atoms with Crippen LogP contribution in [0.5, 0.6) is 23.1 Å². The van der Waals surface area contributed by atoms with Crippen LogP contribution in [0.4, 0.5) is 10.1 Å². The number of carbonyl (C=O) groups excluding carboxylic acids is 2. The molecule has 0 radical (unpaired) electrons. The number of thiophene rings is 1. The van der Waals surface area contributed by atoms with Crippen molar-refractivity contribution in [3.63, 3.8) is 0 Å². The number of hydrogen-bond acceptors (Lipinski definition) is 15. The molecule has 0 bridgehead atoms. The molecule has 0 saturated carbocycles. The van der Waals surface area contributed by atoms with Gasteiger partial charge in [0, 0.05) is 60.5 Å². The number of rotatable bonds is 27. The zero-order chi connectivity index (χ0) is 57.6. The first-order valence-electron chi connectivity index (χ1n) is 27.6. The lowest BCUT2D eigenvalue weighted by Gasteiger charge is -2.42. The Labute approximate surface area is 488 Å². The number of carbonyl (C=O) groups is 2. The number of amides is 1. The highest BCUT2D eigenvalue weighted by molar-refractivity contribution is 7.22. The first-order chi connectivity index (χ1) is 39.9. The molecule has 428 valence electrons. The van der Waals surface area contributed by atoms with Crippen molar-refractivity contribution in [2.45, 2.75) is 58.0 Å². The number of benzene rings is 5. The Balaban J connectivity index is 0.872. The number of aromatic nitrogens is 4. The molecule has 82 heavy (non-hydrogen) atoms. The maximum atomic E-state index is 14.4. The third kappa shape index (κ3) is 14.4. The van der Waals surface area contributed by atoms with E-state index in [-0.39, 0.29) is 36.7 Å². The van der Waals surface area contributed by atoms with Crippen molar-refractivity contribution in [2.24, 2.45) is 0 Å². The van der Waals surface area contributed by atoms with E-state index in [1.165, 1.54) is 40.9 Å². The topological polar surface area (TPSA) is 174 Å². The fraction of sp³-hybridized carbons (Fsp3) is 0.333. The summed E-state index contributed by atoms with van der Waals surface area (Å²) in [6, 6.07) is 33.0. The number of fused-ring (bicyclic) bond motifs is 1. The number of halogens is 2. The lowest BCUT2D eigenvalue weighted by Crippen LogP contribution is -2.57. The van der Waals surface area contributed by atoms with Gasteiger partial charge in [0.15, 0.2) is 18.2 Å². The van der Waals surface area contributed by atoms with Crippen molar-refractivity contribution < 1.29 is 37.4 Å². The SMILES string of the molecule is CNCCCC(NC)C(=O)Nc1ccc(C[N+]2(C)CCN(CCOc3ccc(-c4c(-c5ccc(F)cc5)sc5ncnc(OC(C=O)Cc6ccccc6OCc6ccnc(-c7ccccc7OC)n6)c45)c(C)c3Cl)CC2)c(CNC)c1. The Bertz CT molecular complexity index is 3470. The van der Waals surface area contributed by atoms with Crippen LogP contribution in [0.1, 0.15) is 40.8 Å². The summed E-state index contributed by atoms with van der Waals surface area (Å²) >= 11 is 8.67. The first kappa shape index (κ1) is 59.2. The van der Waals surface area contributed by atoms with Crippen molar-refractivity contribution in [3.8, 4) is 56.1 Å². The smallest absolute Gasteiger partial charge is 0.241 e. The largest absolute Gasteiger partial charge is 0.496 e. The van der Waals surface area contributed by atoms with E-state index in [4.69, 9.17) is 35.5 Å². The van der Waals surface area contributed by atoms with Gasteiger partial charge in [0.25, 0.3) is 0 Å². The molecule has 16 nitrogen and oxygen atoms in total. The fourth-order valence-electron chi connectivity index (χ4n) is 10.4. The van der Waals surface area contributed by atoms with Crippen LogP contribution in [-0.2, 0) is 35.7 Å². The molecule has 5 aromatic carbocycles. The van der Waals surface area contributed by atoms with Gasteiger partial charge in [-0.05, 0) is 130 Å². The summed E-state index contributed by atoms with van der Waals surface area (Å²) in [5.74, 6) is 2.12. The first-order valence-corrected chi connectivity index (χ1v) is 28.8. The van der Waals surface area contributed by atoms with E-state index in [1.54, 1.807) is 31.5 Å². The Kier molecular flexibility index (Phi) is 20.2. The Morgan fingerprint density at radius 3 is 2.40 bits per heavy atom. The number of nitrogens with zero attached hydrogens (tertiary/aromatic N) is 6. The summed E-state index contributed by atoms with van der Waals surface area (Å²) in [4.78, 5) is 48.5. The summed E-state index contributed by atoms with van der Waals surface area (Å²) in [5, 5.41) is 13.8. The molecule has 1 fully saturated rings. The average Bonchev–Trinajstić information content (AvgIpc) is 3.82. The summed E-state index contributed by atoms with van der Waals surface area (Å²) in [6.45, 7) is 9.45. The molecule has 2 atom stereocenters. The minimum atomic E-state index is -0.972. The monoisotopic (exact) mass is 1150 g/mol. The number of piperazine rings is 1. The predicted molar refractivity (Wildman–Crippen MR) is 322 cm³/mol. The second-order valence-corrected chi connectivity index (χ2v) is 22.1. The minimum Gasteiger partial charge on any atom is -0.496 e. The Hall–Kier alpha value is -7.42. The van der Waals surface area contributed by atoms with Crippen LogP contribution in [0, 0.1) is 12.7 Å². The Morgan fingerprint density at radius 2 is 1.65 bits per heavy atom. The lowest BCUT2D eigenvalue weighted by molar-refractivity contribution is -0.926. The molecule has 1 aliphatic heterocycles. The van der Waals surface area contributed by atoms with Gasteiger partial charge in [0.1, 0.15) is 54.0 Å². The zero-order valence-corrected chi connectivity index (χ0v) is 48.8. The average molecular weight is 1150 g/mol. The number of aldehydes is 1. The highest BCUT2D eigenvalue weighted by Crippen LogP contribution is 2.49. The highest BCUT2D eigenvalue weighted by atomic mass is 35.5.